The van der Waals surface area contributed by atoms with Crippen LogP contribution >= 0.6 is 0 Å². The van der Waals surface area contributed by atoms with E-state index in [1.54, 1.807) is 0 Å². The summed E-state index contributed by atoms with van der Waals surface area (Å²) in [6.07, 6.45) is 8.41. The SMILES string of the molecule is CC=CCOCc1cc(CNC2CC2)co1. The Hall–Kier alpha value is -1.06. The largest absolute Gasteiger partial charge is 0.467 e. The zero-order valence-electron chi connectivity index (χ0n) is 9.74. The third-order valence-corrected chi connectivity index (χ3v) is 2.57. The van der Waals surface area contributed by atoms with E-state index in [-0.39, 0.29) is 0 Å². The molecule has 1 saturated carbocycles. The summed E-state index contributed by atoms with van der Waals surface area (Å²) in [6.45, 7) is 4.08. The van der Waals surface area contributed by atoms with E-state index in [0.717, 1.165) is 18.3 Å². The van der Waals surface area contributed by atoms with Crippen molar-refractivity contribution in [3.05, 3.63) is 35.8 Å². The van der Waals surface area contributed by atoms with Crippen molar-refractivity contribution in [2.75, 3.05) is 6.61 Å². The maximum absolute atomic E-state index is 5.41. The van der Waals surface area contributed by atoms with E-state index in [1.165, 1.54) is 18.4 Å². The number of furan rings is 1. The van der Waals surface area contributed by atoms with Gasteiger partial charge in [-0.25, -0.2) is 0 Å². The van der Waals surface area contributed by atoms with E-state index in [4.69, 9.17) is 9.15 Å². The molecule has 1 fully saturated rings. The Kier molecular flexibility index (Phi) is 4.19. The second-order valence-corrected chi connectivity index (χ2v) is 4.16. The second-order valence-electron chi connectivity index (χ2n) is 4.16. The van der Waals surface area contributed by atoms with Gasteiger partial charge in [0.2, 0.25) is 0 Å². The van der Waals surface area contributed by atoms with Crippen molar-refractivity contribution in [3.8, 4) is 0 Å². The Morgan fingerprint density at radius 3 is 3.19 bits per heavy atom. The maximum Gasteiger partial charge on any atom is 0.129 e. The maximum atomic E-state index is 5.41. The number of hydrogen-bond acceptors (Lipinski definition) is 3. The minimum Gasteiger partial charge on any atom is -0.467 e. The van der Waals surface area contributed by atoms with Crippen molar-refractivity contribution in [2.24, 2.45) is 0 Å². The Labute approximate surface area is 96.5 Å². The van der Waals surface area contributed by atoms with Crippen LogP contribution < -0.4 is 5.32 Å². The fourth-order valence-electron chi connectivity index (χ4n) is 1.47. The fraction of sp³-hybridized carbons (Fsp3) is 0.538. The minimum absolute atomic E-state index is 0.549. The molecule has 0 amide bonds. The highest BCUT2D eigenvalue weighted by Gasteiger charge is 2.20. The fourth-order valence-corrected chi connectivity index (χ4v) is 1.47. The number of rotatable bonds is 7. The van der Waals surface area contributed by atoms with Crippen molar-refractivity contribution < 1.29 is 9.15 Å². The van der Waals surface area contributed by atoms with Gasteiger partial charge in [0, 0.05) is 18.2 Å². The van der Waals surface area contributed by atoms with Crippen molar-refractivity contribution in [2.45, 2.75) is 39.0 Å². The van der Waals surface area contributed by atoms with Crippen molar-refractivity contribution >= 4 is 0 Å². The molecule has 0 unspecified atom stereocenters. The van der Waals surface area contributed by atoms with Gasteiger partial charge in [0.25, 0.3) is 0 Å². The molecule has 1 aliphatic rings. The van der Waals surface area contributed by atoms with E-state index in [9.17, 15) is 0 Å². The third kappa shape index (κ3) is 3.83. The Bertz CT molecular complexity index is 339. The Morgan fingerprint density at radius 1 is 1.56 bits per heavy atom. The molecule has 0 radical (unpaired) electrons. The molecule has 0 bridgehead atoms. The molecule has 3 heteroatoms. The summed E-state index contributed by atoms with van der Waals surface area (Å²) >= 11 is 0. The van der Waals surface area contributed by atoms with E-state index >= 15 is 0 Å². The van der Waals surface area contributed by atoms with Crippen LogP contribution in [0.1, 0.15) is 31.1 Å². The lowest BCUT2D eigenvalue weighted by atomic mass is 10.3. The van der Waals surface area contributed by atoms with E-state index in [2.05, 4.69) is 11.4 Å². The average Bonchev–Trinajstić information content (AvgIpc) is 3.02. The summed E-state index contributed by atoms with van der Waals surface area (Å²) in [6, 6.07) is 2.80. The molecule has 0 saturated heterocycles. The number of nitrogens with one attached hydrogen (secondary N) is 1. The highest BCUT2D eigenvalue weighted by Crippen LogP contribution is 2.19. The quantitative estimate of drug-likeness (QED) is 0.567. The van der Waals surface area contributed by atoms with Crippen molar-refractivity contribution in [3.63, 3.8) is 0 Å². The summed E-state index contributed by atoms with van der Waals surface area (Å²) in [5.74, 6) is 0.900. The average molecular weight is 221 g/mol. The molecule has 1 heterocycles. The van der Waals surface area contributed by atoms with Gasteiger partial charge in [0.1, 0.15) is 12.4 Å². The Balaban J connectivity index is 1.68. The number of hydrogen-bond donors (Lipinski definition) is 1. The van der Waals surface area contributed by atoms with Crippen LogP contribution in [-0.4, -0.2) is 12.6 Å². The molecule has 1 aromatic rings. The molecule has 2 rings (SSSR count). The molecule has 1 aliphatic carbocycles. The summed E-state index contributed by atoms with van der Waals surface area (Å²) in [5, 5.41) is 3.45. The smallest absolute Gasteiger partial charge is 0.129 e. The van der Waals surface area contributed by atoms with Gasteiger partial charge in [0.15, 0.2) is 0 Å². The van der Waals surface area contributed by atoms with Gasteiger partial charge in [-0.1, -0.05) is 12.2 Å². The first kappa shape index (κ1) is 11.4. The van der Waals surface area contributed by atoms with Crippen LogP contribution in [0.15, 0.2) is 28.9 Å². The molecule has 0 atom stereocenters. The standard InChI is InChI=1S/C13H19NO2/c1-2-3-6-15-10-13-7-11(9-16-13)8-14-12-4-5-12/h2-3,7,9,12,14H,4-6,8,10H2,1H3. The van der Waals surface area contributed by atoms with Gasteiger partial charge in [-0.2, -0.15) is 0 Å². The second kappa shape index (κ2) is 5.87. The minimum atomic E-state index is 0.549. The molecule has 88 valence electrons. The van der Waals surface area contributed by atoms with Gasteiger partial charge < -0.3 is 14.5 Å². The first-order valence-corrected chi connectivity index (χ1v) is 5.87. The van der Waals surface area contributed by atoms with Gasteiger partial charge in [0.05, 0.1) is 12.9 Å². The van der Waals surface area contributed by atoms with Crippen LogP contribution in [0, 0.1) is 0 Å². The number of ether oxygens (including phenoxy) is 1. The molecule has 1 N–H and O–H groups in total. The highest BCUT2D eigenvalue weighted by molar-refractivity contribution is 5.12. The van der Waals surface area contributed by atoms with Crippen LogP contribution in [0.5, 0.6) is 0 Å². The van der Waals surface area contributed by atoms with E-state index in [1.807, 2.05) is 25.3 Å². The topological polar surface area (TPSA) is 34.4 Å². The molecule has 16 heavy (non-hydrogen) atoms. The first-order chi connectivity index (χ1) is 7.88. The molecule has 0 spiro atoms. The van der Waals surface area contributed by atoms with Crippen molar-refractivity contribution in [1.82, 2.24) is 5.32 Å². The van der Waals surface area contributed by atoms with Crippen LogP contribution in [0.2, 0.25) is 0 Å². The summed E-state index contributed by atoms with van der Waals surface area (Å²) in [7, 11) is 0. The lowest BCUT2D eigenvalue weighted by molar-refractivity contribution is 0.131. The zero-order chi connectivity index (χ0) is 11.2. The normalized spacial score (nSPS) is 16.1. The van der Waals surface area contributed by atoms with Gasteiger partial charge in [-0.3, -0.25) is 0 Å². The first-order valence-electron chi connectivity index (χ1n) is 5.87. The van der Waals surface area contributed by atoms with Crippen LogP contribution in [0.3, 0.4) is 0 Å². The molecule has 3 nitrogen and oxygen atoms in total. The summed E-state index contributed by atoms with van der Waals surface area (Å²) < 4.78 is 10.8. The van der Waals surface area contributed by atoms with Crippen molar-refractivity contribution in [1.29, 1.82) is 0 Å². The number of allylic oxidation sites excluding steroid dienone is 1. The molecular weight excluding hydrogens is 202 g/mol. The monoisotopic (exact) mass is 221 g/mol. The Morgan fingerprint density at radius 2 is 2.44 bits per heavy atom. The summed E-state index contributed by atoms with van der Waals surface area (Å²) in [5.41, 5.74) is 1.21. The van der Waals surface area contributed by atoms with Gasteiger partial charge in [-0.05, 0) is 25.8 Å². The van der Waals surface area contributed by atoms with Gasteiger partial charge >= 0.3 is 0 Å². The lowest BCUT2D eigenvalue weighted by Crippen LogP contribution is -2.14. The predicted molar refractivity (Wildman–Crippen MR) is 63.0 cm³/mol. The van der Waals surface area contributed by atoms with E-state index in [0.29, 0.717) is 13.2 Å². The zero-order valence-corrected chi connectivity index (χ0v) is 9.74. The van der Waals surface area contributed by atoms with Crippen LogP contribution in [-0.2, 0) is 17.9 Å². The highest BCUT2D eigenvalue weighted by atomic mass is 16.5. The molecular formula is C13H19NO2. The molecule has 0 aromatic carbocycles. The van der Waals surface area contributed by atoms with Crippen LogP contribution in [0.4, 0.5) is 0 Å². The molecule has 1 aromatic heterocycles. The van der Waals surface area contributed by atoms with E-state index < -0.39 is 0 Å². The lowest BCUT2D eigenvalue weighted by Gasteiger charge is -1.97. The summed E-state index contributed by atoms with van der Waals surface area (Å²) in [4.78, 5) is 0. The van der Waals surface area contributed by atoms with Gasteiger partial charge in [-0.15, -0.1) is 0 Å². The third-order valence-electron chi connectivity index (χ3n) is 2.57. The van der Waals surface area contributed by atoms with Crippen LogP contribution in [0.25, 0.3) is 0 Å². The predicted octanol–water partition coefficient (Wildman–Crippen LogP) is 2.62. The molecule has 0 aliphatic heterocycles.